The van der Waals surface area contributed by atoms with Gasteiger partial charge in [0.25, 0.3) is 0 Å². The maximum absolute atomic E-state index is 10.8. The van der Waals surface area contributed by atoms with Crippen LogP contribution >= 0.6 is 0 Å². The summed E-state index contributed by atoms with van der Waals surface area (Å²) in [5.74, 6) is -0.0753. The smallest absolute Gasteiger partial charge is 0.332 e. The summed E-state index contributed by atoms with van der Waals surface area (Å²) in [5, 5.41) is 8.83. The normalized spacial score (nSPS) is 22.4. The number of ether oxygens (including phenoxy) is 2. The van der Waals surface area contributed by atoms with E-state index in [1.807, 2.05) is 12.1 Å². The maximum Gasteiger partial charge on any atom is 0.332 e. The molecule has 1 aromatic carbocycles. The first kappa shape index (κ1) is 13.9. The number of aryl methyl sites for hydroxylation is 1. The van der Waals surface area contributed by atoms with Crippen molar-refractivity contribution in [1.29, 1.82) is 0 Å². The van der Waals surface area contributed by atoms with Crippen LogP contribution in [0.2, 0.25) is 0 Å². The molecule has 0 aliphatic carbocycles. The second kappa shape index (κ2) is 6.57. The van der Waals surface area contributed by atoms with E-state index in [-0.39, 0.29) is 6.10 Å². The lowest BCUT2D eigenvalue weighted by Crippen LogP contribution is -2.23. The number of hydrogen-bond donors (Lipinski definition) is 1. The van der Waals surface area contributed by atoms with Crippen LogP contribution in [-0.2, 0) is 16.0 Å². The number of hydrogen-bond acceptors (Lipinski definition) is 3. The van der Waals surface area contributed by atoms with E-state index in [2.05, 4.69) is 19.1 Å². The van der Waals surface area contributed by atoms with E-state index in [9.17, 15) is 4.79 Å². The molecule has 2 rings (SSSR count). The van der Waals surface area contributed by atoms with Crippen LogP contribution in [0.3, 0.4) is 0 Å². The van der Waals surface area contributed by atoms with Gasteiger partial charge in [0.1, 0.15) is 12.4 Å². The number of carbonyl (C=O) groups is 1. The summed E-state index contributed by atoms with van der Waals surface area (Å²) in [6, 6.07) is 8.03. The molecular weight excluding hydrogens is 244 g/mol. The molecule has 4 nitrogen and oxygen atoms in total. The van der Waals surface area contributed by atoms with E-state index in [4.69, 9.17) is 14.6 Å². The zero-order valence-electron chi connectivity index (χ0n) is 11.2. The Balaban J connectivity index is 1.78. The molecule has 4 heteroatoms. The largest absolute Gasteiger partial charge is 0.491 e. The Hall–Kier alpha value is -1.55. The van der Waals surface area contributed by atoms with Crippen molar-refractivity contribution >= 4 is 5.97 Å². The molecule has 0 bridgehead atoms. The summed E-state index contributed by atoms with van der Waals surface area (Å²) in [5.41, 5.74) is 1.30. The van der Waals surface area contributed by atoms with Crippen LogP contribution in [0.4, 0.5) is 0 Å². The first-order valence-corrected chi connectivity index (χ1v) is 6.79. The third-order valence-electron chi connectivity index (χ3n) is 3.28. The molecule has 1 saturated heterocycles. The minimum atomic E-state index is -0.883. The van der Waals surface area contributed by atoms with Crippen LogP contribution in [0.5, 0.6) is 5.75 Å². The highest BCUT2D eigenvalue weighted by Crippen LogP contribution is 2.21. The van der Waals surface area contributed by atoms with E-state index >= 15 is 0 Å². The molecule has 0 radical (unpaired) electrons. The molecule has 1 fully saturated rings. The van der Waals surface area contributed by atoms with Crippen molar-refractivity contribution in [2.45, 2.75) is 44.8 Å². The topological polar surface area (TPSA) is 55.8 Å². The lowest BCUT2D eigenvalue weighted by molar-refractivity contribution is -0.149. The van der Waals surface area contributed by atoms with E-state index in [0.717, 1.165) is 25.0 Å². The summed E-state index contributed by atoms with van der Waals surface area (Å²) < 4.78 is 11.0. The number of aliphatic carboxylic acids is 1. The molecular formula is C15H20O4. The first-order valence-electron chi connectivity index (χ1n) is 6.79. The Morgan fingerprint density at radius 2 is 2.11 bits per heavy atom. The monoisotopic (exact) mass is 264 g/mol. The van der Waals surface area contributed by atoms with Crippen molar-refractivity contribution in [3.63, 3.8) is 0 Å². The van der Waals surface area contributed by atoms with Crippen molar-refractivity contribution in [3.8, 4) is 5.75 Å². The maximum atomic E-state index is 10.8. The fourth-order valence-electron chi connectivity index (χ4n) is 2.24. The fourth-order valence-corrected chi connectivity index (χ4v) is 2.24. The third-order valence-corrected chi connectivity index (χ3v) is 3.28. The zero-order chi connectivity index (χ0) is 13.7. The molecule has 0 amide bonds. The van der Waals surface area contributed by atoms with E-state index in [1.54, 1.807) is 0 Å². The highest BCUT2D eigenvalue weighted by Gasteiger charge is 2.30. The molecule has 0 spiro atoms. The van der Waals surface area contributed by atoms with E-state index in [1.165, 1.54) is 5.56 Å². The summed E-state index contributed by atoms with van der Waals surface area (Å²) in [6.45, 7) is 2.57. The minimum Gasteiger partial charge on any atom is -0.491 e. The molecule has 1 N–H and O–H groups in total. The second-order valence-electron chi connectivity index (χ2n) is 4.87. The molecule has 0 aromatic heterocycles. The number of rotatable bonds is 6. The summed E-state index contributed by atoms with van der Waals surface area (Å²) in [7, 11) is 0. The molecule has 104 valence electrons. The van der Waals surface area contributed by atoms with Crippen molar-refractivity contribution in [2.24, 2.45) is 0 Å². The highest BCUT2D eigenvalue weighted by molar-refractivity contribution is 5.72. The fraction of sp³-hybridized carbons (Fsp3) is 0.533. The van der Waals surface area contributed by atoms with Gasteiger partial charge in [-0.3, -0.25) is 0 Å². The summed E-state index contributed by atoms with van der Waals surface area (Å²) >= 11 is 0. The van der Waals surface area contributed by atoms with Gasteiger partial charge in [-0.2, -0.15) is 0 Å². The SMILES string of the molecule is CCCc1ccc(OCC2CCC(C(=O)O)O2)cc1. The van der Waals surface area contributed by atoms with Crippen LogP contribution in [0, 0.1) is 0 Å². The van der Waals surface area contributed by atoms with Gasteiger partial charge >= 0.3 is 5.97 Å². The van der Waals surface area contributed by atoms with Crippen LogP contribution < -0.4 is 4.74 Å². The second-order valence-corrected chi connectivity index (χ2v) is 4.87. The van der Waals surface area contributed by atoms with Gasteiger partial charge in [-0.25, -0.2) is 4.79 Å². The average Bonchev–Trinajstić information content (AvgIpc) is 2.87. The first-order chi connectivity index (χ1) is 9.19. The van der Waals surface area contributed by atoms with Crippen molar-refractivity contribution in [1.82, 2.24) is 0 Å². The van der Waals surface area contributed by atoms with Gasteiger partial charge in [-0.05, 0) is 37.0 Å². The van der Waals surface area contributed by atoms with Crippen molar-refractivity contribution in [2.75, 3.05) is 6.61 Å². The molecule has 19 heavy (non-hydrogen) atoms. The Morgan fingerprint density at radius 1 is 1.37 bits per heavy atom. The minimum absolute atomic E-state index is 0.114. The van der Waals surface area contributed by atoms with Crippen LogP contribution in [0.1, 0.15) is 31.7 Å². The lowest BCUT2D eigenvalue weighted by atomic mass is 10.1. The van der Waals surface area contributed by atoms with Gasteiger partial charge in [0, 0.05) is 0 Å². The number of carboxylic acid groups (broad SMARTS) is 1. The lowest BCUT2D eigenvalue weighted by Gasteiger charge is -2.13. The highest BCUT2D eigenvalue weighted by atomic mass is 16.6. The number of carboxylic acids is 1. The summed E-state index contributed by atoms with van der Waals surface area (Å²) in [4.78, 5) is 10.8. The predicted octanol–water partition coefficient (Wildman–Crippen LogP) is 2.65. The molecule has 1 aliphatic rings. The molecule has 1 aliphatic heterocycles. The van der Waals surface area contributed by atoms with Gasteiger partial charge in [0.05, 0.1) is 6.10 Å². The zero-order valence-corrected chi connectivity index (χ0v) is 11.2. The number of benzene rings is 1. The Morgan fingerprint density at radius 3 is 2.68 bits per heavy atom. The van der Waals surface area contributed by atoms with Gasteiger partial charge in [0.2, 0.25) is 0 Å². The summed E-state index contributed by atoms with van der Waals surface area (Å²) in [6.07, 6.45) is 2.74. The van der Waals surface area contributed by atoms with Gasteiger partial charge < -0.3 is 14.6 Å². The standard InChI is InChI=1S/C15H20O4/c1-2-3-11-4-6-12(7-5-11)18-10-13-8-9-14(19-13)15(16)17/h4-7,13-14H,2-3,8-10H2,1H3,(H,16,17). The van der Waals surface area contributed by atoms with E-state index < -0.39 is 12.1 Å². The molecule has 2 atom stereocenters. The van der Waals surface area contributed by atoms with Crippen molar-refractivity contribution in [3.05, 3.63) is 29.8 Å². The van der Waals surface area contributed by atoms with Crippen LogP contribution in [0.25, 0.3) is 0 Å². The quantitative estimate of drug-likeness (QED) is 0.858. The van der Waals surface area contributed by atoms with Crippen LogP contribution in [-0.4, -0.2) is 29.9 Å². The Bertz CT molecular complexity index is 413. The molecule has 2 unspecified atom stereocenters. The van der Waals surface area contributed by atoms with Gasteiger partial charge in [0.15, 0.2) is 6.10 Å². The third kappa shape index (κ3) is 3.96. The van der Waals surface area contributed by atoms with Crippen molar-refractivity contribution < 1.29 is 19.4 Å². The van der Waals surface area contributed by atoms with Crippen LogP contribution in [0.15, 0.2) is 24.3 Å². The average molecular weight is 264 g/mol. The Kier molecular flexibility index (Phi) is 4.80. The molecule has 1 aromatic rings. The molecule has 0 saturated carbocycles. The van der Waals surface area contributed by atoms with E-state index in [0.29, 0.717) is 13.0 Å². The van der Waals surface area contributed by atoms with Gasteiger partial charge in [-0.1, -0.05) is 25.5 Å². The Labute approximate surface area is 113 Å². The molecule has 1 heterocycles. The predicted molar refractivity (Wildman–Crippen MR) is 71.5 cm³/mol. The van der Waals surface area contributed by atoms with Gasteiger partial charge in [-0.15, -0.1) is 0 Å².